The minimum Gasteiger partial charge on any atom is -0.406 e. The molecule has 1 amide bonds. The van der Waals surface area contributed by atoms with Crippen molar-refractivity contribution < 1.29 is 22.7 Å². The number of aliphatic imine (C=N–C) groups is 1. The van der Waals surface area contributed by atoms with Crippen LogP contribution in [-0.2, 0) is 17.8 Å². The quantitative estimate of drug-likeness (QED) is 0.741. The maximum absolute atomic E-state index is 12.5. The predicted molar refractivity (Wildman–Crippen MR) is 103 cm³/mol. The smallest absolute Gasteiger partial charge is 0.406 e. The first-order valence-electron chi connectivity index (χ1n) is 9.06. The van der Waals surface area contributed by atoms with Gasteiger partial charge in [-0.2, -0.15) is 0 Å². The normalized spacial score (nSPS) is 13.5. The molecule has 1 aliphatic rings. The van der Waals surface area contributed by atoms with Crippen LogP contribution in [0.1, 0.15) is 17.5 Å². The van der Waals surface area contributed by atoms with E-state index in [4.69, 9.17) is 0 Å². The van der Waals surface area contributed by atoms with Crippen molar-refractivity contribution in [2.75, 3.05) is 13.6 Å². The van der Waals surface area contributed by atoms with Crippen molar-refractivity contribution in [3.8, 4) is 5.75 Å². The number of hydrazine groups is 1. The van der Waals surface area contributed by atoms with Crippen molar-refractivity contribution in [3.63, 3.8) is 0 Å². The number of amidine groups is 1. The number of carbonyl (C=O) groups is 1. The second kappa shape index (κ2) is 8.95. The molecule has 2 N–H and O–H groups in total. The fourth-order valence-electron chi connectivity index (χ4n) is 2.94. The van der Waals surface area contributed by atoms with Crippen molar-refractivity contribution in [3.05, 3.63) is 59.7 Å². The van der Waals surface area contributed by atoms with Crippen LogP contribution in [0.5, 0.6) is 5.75 Å². The number of carbonyl (C=O) groups excluding carboxylic acids is 1. The van der Waals surface area contributed by atoms with Crippen LogP contribution >= 0.6 is 0 Å². The predicted octanol–water partition coefficient (Wildman–Crippen LogP) is 3.31. The zero-order valence-electron chi connectivity index (χ0n) is 15.8. The van der Waals surface area contributed by atoms with E-state index in [0.717, 1.165) is 5.56 Å². The summed E-state index contributed by atoms with van der Waals surface area (Å²) in [6.07, 6.45) is -4.06. The summed E-state index contributed by atoms with van der Waals surface area (Å²) in [5, 5.41) is 4.64. The van der Waals surface area contributed by atoms with Gasteiger partial charge in [0.1, 0.15) is 11.6 Å². The molecule has 9 heteroatoms. The van der Waals surface area contributed by atoms with Crippen LogP contribution in [0.15, 0.2) is 53.5 Å². The van der Waals surface area contributed by atoms with Gasteiger partial charge in [0.2, 0.25) is 5.91 Å². The van der Waals surface area contributed by atoms with E-state index in [9.17, 15) is 18.0 Å². The molecule has 2 aromatic carbocycles. The highest BCUT2D eigenvalue weighted by molar-refractivity contribution is 5.90. The first-order chi connectivity index (χ1) is 13.8. The lowest BCUT2D eigenvalue weighted by molar-refractivity contribution is -0.274. The Bertz CT molecular complexity index is 885. The highest BCUT2D eigenvalue weighted by atomic mass is 19.4. The van der Waals surface area contributed by atoms with E-state index in [0.29, 0.717) is 36.6 Å². The average Bonchev–Trinajstić information content (AvgIpc) is 2.66. The lowest BCUT2D eigenvalue weighted by Crippen LogP contribution is -2.48. The van der Waals surface area contributed by atoms with Crippen molar-refractivity contribution in [2.45, 2.75) is 25.7 Å². The Morgan fingerprint density at radius 1 is 1.21 bits per heavy atom. The van der Waals surface area contributed by atoms with E-state index in [1.807, 2.05) is 30.3 Å². The highest BCUT2D eigenvalue weighted by Gasteiger charge is 2.31. The van der Waals surface area contributed by atoms with E-state index in [1.165, 1.54) is 18.2 Å². The first-order valence-corrected chi connectivity index (χ1v) is 9.06. The first kappa shape index (κ1) is 20.7. The summed E-state index contributed by atoms with van der Waals surface area (Å²) in [5.41, 5.74) is 4.81. The minimum atomic E-state index is -4.76. The standard InChI is InChI=1S/C20H21F3N4O2/c1-24-10-9-18-25-17-12-16(29-20(21,22)23)8-7-15(17)13-27(18)26-19(28)11-14-5-3-2-4-6-14/h2-8,12,24H,9-11,13H2,1H3,(H,26,28). The summed E-state index contributed by atoms with van der Waals surface area (Å²) in [5.74, 6) is 0.0285. The largest absolute Gasteiger partial charge is 0.573 e. The number of nitrogens with zero attached hydrogens (tertiary/aromatic N) is 2. The van der Waals surface area contributed by atoms with Gasteiger partial charge in [0.15, 0.2) is 0 Å². The monoisotopic (exact) mass is 406 g/mol. The zero-order valence-corrected chi connectivity index (χ0v) is 15.8. The molecule has 1 heterocycles. The van der Waals surface area contributed by atoms with Gasteiger partial charge in [0.05, 0.1) is 18.7 Å². The molecule has 0 unspecified atom stereocenters. The molecular weight excluding hydrogens is 385 g/mol. The van der Waals surface area contributed by atoms with E-state index in [2.05, 4.69) is 20.5 Å². The van der Waals surface area contributed by atoms with E-state index < -0.39 is 6.36 Å². The molecule has 0 aliphatic carbocycles. The summed E-state index contributed by atoms with van der Waals surface area (Å²) in [6, 6.07) is 13.3. The number of nitrogens with one attached hydrogen (secondary N) is 2. The zero-order chi connectivity index (χ0) is 20.9. The molecule has 0 saturated carbocycles. The second-order valence-corrected chi connectivity index (χ2v) is 6.50. The van der Waals surface area contributed by atoms with Crippen molar-refractivity contribution >= 4 is 17.4 Å². The molecule has 0 atom stereocenters. The van der Waals surface area contributed by atoms with Crippen LogP contribution in [0, 0.1) is 0 Å². The fourth-order valence-corrected chi connectivity index (χ4v) is 2.94. The third-order valence-electron chi connectivity index (χ3n) is 4.25. The Morgan fingerprint density at radius 3 is 2.66 bits per heavy atom. The molecule has 0 spiro atoms. The van der Waals surface area contributed by atoms with Gasteiger partial charge in [-0.3, -0.25) is 15.2 Å². The van der Waals surface area contributed by atoms with Crippen LogP contribution in [-0.4, -0.2) is 36.7 Å². The molecule has 0 radical (unpaired) electrons. The maximum Gasteiger partial charge on any atom is 0.573 e. The Labute approximate surface area is 166 Å². The summed E-state index contributed by atoms with van der Waals surface area (Å²) < 4.78 is 41.4. The van der Waals surface area contributed by atoms with Gasteiger partial charge >= 0.3 is 6.36 Å². The Balaban J connectivity index is 1.77. The number of ether oxygens (including phenoxy) is 1. The lowest BCUT2D eigenvalue weighted by atomic mass is 10.1. The van der Waals surface area contributed by atoms with Crippen LogP contribution in [0.25, 0.3) is 0 Å². The van der Waals surface area contributed by atoms with Gasteiger partial charge in [-0.1, -0.05) is 36.4 Å². The third-order valence-corrected chi connectivity index (χ3v) is 4.25. The Hall–Kier alpha value is -3.07. The van der Waals surface area contributed by atoms with Crippen molar-refractivity contribution in [2.24, 2.45) is 4.99 Å². The van der Waals surface area contributed by atoms with Crippen LogP contribution in [0.3, 0.4) is 0 Å². The molecule has 0 bridgehead atoms. The number of alkyl halides is 3. The summed E-state index contributed by atoms with van der Waals surface area (Å²) in [6.45, 7) is 0.892. The Kier molecular flexibility index (Phi) is 6.38. The third kappa shape index (κ3) is 5.95. The molecule has 0 fully saturated rings. The molecule has 3 rings (SSSR count). The molecule has 1 aliphatic heterocycles. The van der Waals surface area contributed by atoms with Crippen LogP contribution in [0.4, 0.5) is 18.9 Å². The minimum absolute atomic E-state index is 0.200. The summed E-state index contributed by atoms with van der Waals surface area (Å²) >= 11 is 0. The lowest BCUT2D eigenvalue weighted by Gasteiger charge is -2.31. The van der Waals surface area contributed by atoms with Gasteiger partial charge < -0.3 is 10.1 Å². The van der Waals surface area contributed by atoms with Crippen LogP contribution < -0.4 is 15.5 Å². The summed E-state index contributed by atoms with van der Waals surface area (Å²) in [4.78, 5) is 16.9. The van der Waals surface area contributed by atoms with Gasteiger partial charge in [-0.05, 0) is 24.2 Å². The number of amides is 1. The number of hydrogen-bond donors (Lipinski definition) is 2. The SMILES string of the molecule is CNCCC1=Nc2cc(OC(F)(F)F)ccc2CN1NC(=O)Cc1ccccc1. The van der Waals surface area contributed by atoms with Crippen LogP contribution in [0.2, 0.25) is 0 Å². The number of halogens is 3. The van der Waals surface area contributed by atoms with Crippen molar-refractivity contribution in [1.82, 2.24) is 15.8 Å². The van der Waals surface area contributed by atoms with Gasteiger partial charge in [-0.15, -0.1) is 13.2 Å². The highest BCUT2D eigenvalue weighted by Crippen LogP contribution is 2.32. The molecule has 29 heavy (non-hydrogen) atoms. The van der Waals surface area contributed by atoms with E-state index in [1.54, 1.807) is 12.1 Å². The molecule has 6 nitrogen and oxygen atoms in total. The van der Waals surface area contributed by atoms with Gasteiger partial charge in [-0.25, -0.2) is 4.99 Å². The molecule has 0 saturated heterocycles. The fraction of sp³-hybridized carbons (Fsp3) is 0.300. The number of fused-ring (bicyclic) bond motifs is 1. The van der Waals surface area contributed by atoms with Crippen molar-refractivity contribution in [1.29, 1.82) is 0 Å². The topological polar surface area (TPSA) is 66.0 Å². The second-order valence-electron chi connectivity index (χ2n) is 6.50. The molecule has 0 aromatic heterocycles. The molecular formula is C20H21F3N4O2. The average molecular weight is 406 g/mol. The van der Waals surface area contributed by atoms with E-state index in [-0.39, 0.29) is 18.1 Å². The van der Waals surface area contributed by atoms with E-state index >= 15 is 0 Å². The number of rotatable bonds is 7. The summed E-state index contributed by atoms with van der Waals surface area (Å²) in [7, 11) is 1.78. The molecule has 154 valence electrons. The number of benzene rings is 2. The van der Waals surface area contributed by atoms with Gasteiger partial charge in [0.25, 0.3) is 0 Å². The maximum atomic E-state index is 12.5. The molecule has 2 aromatic rings. The van der Waals surface area contributed by atoms with Gasteiger partial charge in [0, 0.05) is 19.0 Å². The number of hydrogen-bond acceptors (Lipinski definition) is 5. The Morgan fingerprint density at radius 2 is 1.97 bits per heavy atom.